The molecule has 0 saturated heterocycles. The third kappa shape index (κ3) is 3.15. The van der Waals surface area contributed by atoms with Crippen LogP contribution in [0.1, 0.15) is 11.1 Å². The number of guanidine groups is 1. The van der Waals surface area contributed by atoms with Crippen molar-refractivity contribution in [3.8, 4) is 11.5 Å². The number of aliphatic imine (C=N–C) groups is 1. The minimum Gasteiger partial charge on any atom is -0.454 e. The summed E-state index contributed by atoms with van der Waals surface area (Å²) in [6.07, 6.45) is 1.06. The van der Waals surface area contributed by atoms with E-state index in [1.54, 1.807) is 0 Å². The largest absolute Gasteiger partial charge is 0.454 e. The fraction of sp³-hybridized carbons (Fsp3) is 0.278. The first kappa shape index (κ1) is 16.9. The standard InChI is InChI=1S/C18H19N3O2.HI/c1-19-18(21-9-8-14-4-2-3-5-15(14)21)20-11-13-6-7-16-17(10-13)23-12-22-16;/h2-7,10H,8-9,11-12H2,1H3,(H,19,20);1H. The van der Waals surface area contributed by atoms with Gasteiger partial charge in [0.2, 0.25) is 6.79 Å². The van der Waals surface area contributed by atoms with E-state index < -0.39 is 0 Å². The van der Waals surface area contributed by atoms with E-state index in [1.165, 1.54) is 11.3 Å². The van der Waals surface area contributed by atoms with Gasteiger partial charge in [0.1, 0.15) is 0 Å². The van der Waals surface area contributed by atoms with Gasteiger partial charge >= 0.3 is 0 Å². The number of nitrogens with one attached hydrogen (secondary N) is 1. The highest BCUT2D eigenvalue weighted by atomic mass is 127. The molecule has 0 aliphatic carbocycles. The van der Waals surface area contributed by atoms with Gasteiger partial charge in [-0.3, -0.25) is 4.99 Å². The Kier molecular flexibility index (Phi) is 5.13. The Bertz CT molecular complexity index is 764. The Hall–Kier alpha value is -1.96. The van der Waals surface area contributed by atoms with Crippen LogP contribution in [0.2, 0.25) is 0 Å². The summed E-state index contributed by atoms with van der Waals surface area (Å²) >= 11 is 0. The fourth-order valence-electron chi connectivity index (χ4n) is 3.09. The second kappa shape index (κ2) is 7.29. The van der Waals surface area contributed by atoms with E-state index in [2.05, 4.69) is 39.5 Å². The SMILES string of the molecule is CN=C(NCc1ccc2c(c1)OCO2)N1CCc2ccccc21.I. The molecule has 0 radical (unpaired) electrons. The molecular formula is C18H20IN3O2. The number of anilines is 1. The van der Waals surface area contributed by atoms with E-state index in [9.17, 15) is 0 Å². The third-order valence-corrected chi connectivity index (χ3v) is 4.24. The smallest absolute Gasteiger partial charge is 0.231 e. The van der Waals surface area contributed by atoms with E-state index in [-0.39, 0.29) is 24.0 Å². The molecule has 2 heterocycles. The molecule has 2 aromatic rings. The molecule has 0 atom stereocenters. The summed E-state index contributed by atoms with van der Waals surface area (Å²) in [6.45, 7) is 1.96. The number of halogens is 1. The van der Waals surface area contributed by atoms with Crippen molar-refractivity contribution in [2.24, 2.45) is 4.99 Å². The Morgan fingerprint density at radius 3 is 2.88 bits per heavy atom. The van der Waals surface area contributed by atoms with Crippen molar-refractivity contribution in [3.05, 3.63) is 53.6 Å². The van der Waals surface area contributed by atoms with Crippen molar-refractivity contribution in [1.82, 2.24) is 5.32 Å². The molecule has 0 amide bonds. The van der Waals surface area contributed by atoms with Gasteiger partial charge < -0.3 is 19.7 Å². The zero-order valence-electron chi connectivity index (χ0n) is 13.5. The van der Waals surface area contributed by atoms with Crippen molar-refractivity contribution >= 4 is 35.6 Å². The van der Waals surface area contributed by atoms with Crippen LogP contribution in [-0.4, -0.2) is 26.3 Å². The zero-order valence-corrected chi connectivity index (χ0v) is 15.8. The molecule has 0 fully saturated rings. The number of ether oxygens (including phenoxy) is 2. The van der Waals surface area contributed by atoms with Crippen LogP contribution in [0.15, 0.2) is 47.5 Å². The maximum absolute atomic E-state index is 5.43. The van der Waals surface area contributed by atoms with Crippen LogP contribution in [0.4, 0.5) is 5.69 Å². The fourth-order valence-corrected chi connectivity index (χ4v) is 3.09. The van der Waals surface area contributed by atoms with Gasteiger partial charge in [-0.2, -0.15) is 0 Å². The first-order chi connectivity index (χ1) is 11.3. The molecule has 5 nitrogen and oxygen atoms in total. The number of hydrogen-bond acceptors (Lipinski definition) is 3. The first-order valence-electron chi connectivity index (χ1n) is 7.80. The lowest BCUT2D eigenvalue weighted by atomic mass is 10.2. The maximum Gasteiger partial charge on any atom is 0.231 e. The molecule has 0 spiro atoms. The summed E-state index contributed by atoms with van der Waals surface area (Å²) in [4.78, 5) is 6.67. The average Bonchev–Trinajstić information content (AvgIpc) is 3.22. The predicted octanol–water partition coefficient (Wildman–Crippen LogP) is 3.17. The molecule has 4 rings (SSSR count). The van der Waals surface area contributed by atoms with Crippen LogP contribution in [-0.2, 0) is 13.0 Å². The van der Waals surface area contributed by atoms with Crippen molar-refractivity contribution < 1.29 is 9.47 Å². The van der Waals surface area contributed by atoms with Gasteiger partial charge in [0.05, 0.1) is 0 Å². The summed E-state index contributed by atoms with van der Waals surface area (Å²) in [7, 11) is 1.82. The van der Waals surface area contributed by atoms with Gasteiger partial charge in [0.15, 0.2) is 17.5 Å². The van der Waals surface area contributed by atoms with Crippen LogP contribution in [0.25, 0.3) is 0 Å². The van der Waals surface area contributed by atoms with Crippen molar-refractivity contribution in [2.75, 3.05) is 25.3 Å². The summed E-state index contributed by atoms with van der Waals surface area (Å²) in [5, 5.41) is 3.44. The van der Waals surface area contributed by atoms with Crippen LogP contribution in [0, 0.1) is 0 Å². The molecule has 0 saturated carbocycles. The van der Waals surface area contributed by atoms with E-state index in [0.717, 1.165) is 36.0 Å². The second-order valence-corrected chi connectivity index (χ2v) is 5.62. The number of benzene rings is 2. The Labute approximate surface area is 158 Å². The number of nitrogens with zero attached hydrogens (tertiary/aromatic N) is 2. The van der Waals surface area contributed by atoms with Crippen molar-refractivity contribution in [2.45, 2.75) is 13.0 Å². The molecule has 6 heteroatoms. The molecule has 0 aromatic heterocycles. The van der Waals surface area contributed by atoms with Crippen LogP contribution >= 0.6 is 24.0 Å². The van der Waals surface area contributed by atoms with Gasteiger partial charge in [-0.25, -0.2) is 0 Å². The Balaban J connectivity index is 0.00000169. The van der Waals surface area contributed by atoms with E-state index >= 15 is 0 Å². The van der Waals surface area contributed by atoms with Crippen LogP contribution in [0.3, 0.4) is 0 Å². The van der Waals surface area contributed by atoms with Gasteiger partial charge in [0.25, 0.3) is 0 Å². The topological polar surface area (TPSA) is 46.1 Å². The number of hydrogen-bond donors (Lipinski definition) is 1. The monoisotopic (exact) mass is 437 g/mol. The number of para-hydroxylation sites is 1. The molecule has 24 heavy (non-hydrogen) atoms. The second-order valence-electron chi connectivity index (χ2n) is 5.62. The molecule has 0 unspecified atom stereocenters. The van der Waals surface area contributed by atoms with Crippen LogP contribution in [0.5, 0.6) is 11.5 Å². The molecule has 0 bridgehead atoms. The van der Waals surface area contributed by atoms with E-state index in [0.29, 0.717) is 13.3 Å². The van der Waals surface area contributed by atoms with Crippen molar-refractivity contribution in [1.29, 1.82) is 0 Å². The highest BCUT2D eigenvalue weighted by Crippen LogP contribution is 2.32. The van der Waals surface area contributed by atoms with Gasteiger partial charge in [-0.05, 0) is 35.7 Å². The quantitative estimate of drug-likeness (QED) is 0.446. The predicted molar refractivity (Wildman–Crippen MR) is 106 cm³/mol. The van der Waals surface area contributed by atoms with E-state index in [4.69, 9.17) is 9.47 Å². The van der Waals surface area contributed by atoms with Crippen molar-refractivity contribution in [3.63, 3.8) is 0 Å². The zero-order chi connectivity index (χ0) is 15.6. The van der Waals surface area contributed by atoms with Gasteiger partial charge in [-0.1, -0.05) is 24.3 Å². The number of rotatable bonds is 2. The maximum atomic E-state index is 5.43. The van der Waals surface area contributed by atoms with Gasteiger partial charge in [-0.15, -0.1) is 24.0 Å². The summed E-state index contributed by atoms with van der Waals surface area (Å²) in [5.74, 6) is 2.52. The van der Waals surface area contributed by atoms with Gasteiger partial charge in [0, 0.05) is 25.8 Å². The summed E-state index contributed by atoms with van der Waals surface area (Å²) < 4.78 is 10.8. The lowest BCUT2D eigenvalue weighted by Gasteiger charge is -2.22. The first-order valence-corrected chi connectivity index (χ1v) is 7.80. The minimum absolute atomic E-state index is 0. The average molecular weight is 437 g/mol. The molecule has 2 aliphatic rings. The molecule has 2 aliphatic heterocycles. The molecule has 1 N–H and O–H groups in total. The molecular weight excluding hydrogens is 417 g/mol. The third-order valence-electron chi connectivity index (χ3n) is 4.24. The number of fused-ring (bicyclic) bond motifs is 2. The van der Waals surface area contributed by atoms with Crippen LogP contribution < -0.4 is 19.7 Å². The highest BCUT2D eigenvalue weighted by Gasteiger charge is 2.22. The van der Waals surface area contributed by atoms with E-state index in [1.807, 2.05) is 25.2 Å². The minimum atomic E-state index is 0. The highest BCUT2D eigenvalue weighted by molar-refractivity contribution is 14.0. The lowest BCUT2D eigenvalue weighted by molar-refractivity contribution is 0.174. The molecule has 126 valence electrons. The Morgan fingerprint density at radius 1 is 1.17 bits per heavy atom. The Morgan fingerprint density at radius 2 is 2.00 bits per heavy atom. The lowest BCUT2D eigenvalue weighted by Crippen LogP contribution is -2.40. The summed E-state index contributed by atoms with van der Waals surface area (Å²) in [6, 6.07) is 14.5. The summed E-state index contributed by atoms with van der Waals surface area (Å²) in [5.41, 5.74) is 3.76. The molecule has 2 aromatic carbocycles. The normalized spacial score (nSPS) is 15.0.